The molecule has 0 fully saturated rings. The molecule has 0 aliphatic rings. The Balaban J connectivity index is 4.22. The predicted molar refractivity (Wildman–Crippen MR) is 52.5 cm³/mol. The van der Waals surface area contributed by atoms with E-state index < -0.39 is 0 Å². The van der Waals surface area contributed by atoms with Crippen LogP contribution in [0.25, 0.3) is 0 Å². The van der Waals surface area contributed by atoms with E-state index in [2.05, 4.69) is 32.6 Å². The van der Waals surface area contributed by atoms with Gasteiger partial charge in [0.05, 0.1) is 0 Å². The first kappa shape index (κ1) is 9.96. The van der Waals surface area contributed by atoms with Gasteiger partial charge in [-0.05, 0) is 26.3 Å². The van der Waals surface area contributed by atoms with E-state index in [4.69, 9.17) is 0 Å². The molecule has 0 radical (unpaired) electrons. The summed E-state index contributed by atoms with van der Waals surface area (Å²) in [6, 6.07) is 0. The molecule has 0 heterocycles. The average Bonchev–Trinajstić information content (AvgIpc) is 2.03. The molecule has 60 valence electrons. The van der Waals surface area contributed by atoms with Crippen LogP contribution in [-0.2, 0) is 0 Å². The van der Waals surface area contributed by atoms with Crippen molar-refractivity contribution in [3.05, 3.63) is 48.1 Å². The molecule has 0 aromatic rings. The monoisotopic (exact) mass is 148 g/mol. The molecule has 0 aromatic carbocycles. The number of allylic oxidation sites excluding steroid dienone is 7. The highest BCUT2D eigenvalue weighted by molar-refractivity contribution is 5.30. The zero-order valence-corrected chi connectivity index (χ0v) is 7.59. The van der Waals surface area contributed by atoms with Gasteiger partial charge in [0.15, 0.2) is 0 Å². The fourth-order valence-electron chi connectivity index (χ4n) is 0.638. The summed E-state index contributed by atoms with van der Waals surface area (Å²) in [6.45, 7) is 9.84. The fraction of sp³-hybridized carbons (Fsp3) is 0.273. The quantitative estimate of drug-likeness (QED) is 0.536. The minimum absolute atomic E-state index is 1.30. The van der Waals surface area contributed by atoms with E-state index in [1.54, 1.807) is 6.08 Å². The van der Waals surface area contributed by atoms with Gasteiger partial charge in [-0.3, -0.25) is 0 Å². The molecule has 0 unspecified atom stereocenters. The van der Waals surface area contributed by atoms with E-state index >= 15 is 0 Å². The first-order valence-electron chi connectivity index (χ1n) is 3.81. The van der Waals surface area contributed by atoms with Gasteiger partial charge in [-0.15, -0.1) is 0 Å². The molecular weight excluding hydrogens is 132 g/mol. The lowest BCUT2D eigenvalue weighted by Gasteiger charge is -1.96. The maximum Gasteiger partial charge on any atom is -0.0395 e. The zero-order chi connectivity index (χ0) is 8.69. The highest BCUT2D eigenvalue weighted by Gasteiger charge is 1.86. The molecule has 0 heteroatoms. The van der Waals surface area contributed by atoms with E-state index in [1.807, 2.05) is 19.1 Å². The van der Waals surface area contributed by atoms with Gasteiger partial charge in [0.2, 0.25) is 0 Å². The van der Waals surface area contributed by atoms with Gasteiger partial charge in [-0.2, -0.15) is 0 Å². The summed E-state index contributed by atoms with van der Waals surface area (Å²) < 4.78 is 0. The lowest BCUT2D eigenvalue weighted by Crippen LogP contribution is -1.75. The Kier molecular flexibility index (Phi) is 5.18. The molecule has 0 saturated carbocycles. The van der Waals surface area contributed by atoms with Crippen LogP contribution in [0.3, 0.4) is 0 Å². The first-order chi connectivity index (χ1) is 5.22. The molecule has 0 nitrogen and oxygen atoms in total. The Hall–Kier alpha value is -1.04. The lowest BCUT2D eigenvalue weighted by molar-refractivity contribution is 1.33. The molecule has 0 spiro atoms. The van der Waals surface area contributed by atoms with Gasteiger partial charge in [0, 0.05) is 0 Å². The zero-order valence-electron chi connectivity index (χ0n) is 7.59. The van der Waals surface area contributed by atoms with Crippen molar-refractivity contribution >= 4 is 0 Å². The van der Waals surface area contributed by atoms with Crippen molar-refractivity contribution < 1.29 is 0 Å². The SMILES string of the molecule is C=C\C=C/C=C(C)/C(C)=C/C. The van der Waals surface area contributed by atoms with Crippen LogP contribution in [-0.4, -0.2) is 0 Å². The van der Waals surface area contributed by atoms with Crippen LogP contribution in [0.5, 0.6) is 0 Å². The van der Waals surface area contributed by atoms with Gasteiger partial charge >= 0.3 is 0 Å². The minimum Gasteiger partial charge on any atom is -0.0991 e. The van der Waals surface area contributed by atoms with Crippen LogP contribution < -0.4 is 0 Å². The highest BCUT2D eigenvalue weighted by Crippen LogP contribution is 2.06. The van der Waals surface area contributed by atoms with Gasteiger partial charge in [0.25, 0.3) is 0 Å². The molecule has 0 aliphatic carbocycles. The maximum atomic E-state index is 3.59. The Labute approximate surface area is 69.6 Å². The van der Waals surface area contributed by atoms with Crippen molar-refractivity contribution in [3.8, 4) is 0 Å². The maximum absolute atomic E-state index is 3.59. The third kappa shape index (κ3) is 4.38. The average molecular weight is 148 g/mol. The van der Waals surface area contributed by atoms with Crippen LogP contribution in [0.15, 0.2) is 48.1 Å². The Morgan fingerprint density at radius 3 is 2.18 bits per heavy atom. The lowest BCUT2D eigenvalue weighted by atomic mass is 10.1. The van der Waals surface area contributed by atoms with Crippen LogP contribution in [0.1, 0.15) is 20.8 Å². The summed E-state index contributed by atoms with van der Waals surface area (Å²) in [5, 5.41) is 0. The smallest absolute Gasteiger partial charge is 0.0395 e. The Morgan fingerprint density at radius 2 is 1.73 bits per heavy atom. The Bertz CT molecular complexity index is 202. The second-order valence-corrected chi connectivity index (χ2v) is 2.44. The Morgan fingerprint density at radius 1 is 1.09 bits per heavy atom. The van der Waals surface area contributed by atoms with Gasteiger partial charge in [-0.25, -0.2) is 0 Å². The topological polar surface area (TPSA) is 0 Å². The molecule has 0 amide bonds. The first-order valence-corrected chi connectivity index (χ1v) is 3.81. The standard InChI is InChI=1S/C11H16/c1-5-7-8-9-11(4)10(3)6-2/h5-9H,1H2,2-4H3/b8-7-,10-6+,11-9+. The molecular formula is C11H16. The van der Waals surface area contributed by atoms with Crippen molar-refractivity contribution in [2.45, 2.75) is 20.8 Å². The number of hydrogen-bond donors (Lipinski definition) is 0. The molecule has 0 atom stereocenters. The van der Waals surface area contributed by atoms with E-state index in [0.29, 0.717) is 0 Å². The summed E-state index contributed by atoms with van der Waals surface area (Å²) in [7, 11) is 0. The molecule has 0 aliphatic heterocycles. The van der Waals surface area contributed by atoms with E-state index in [9.17, 15) is 0 Å². The van der Waals surface area contributed by atoms with Crippen molar-refractivity contribution in [1.29, 1.82) is 0 Å². The van der Waals surface area contributed by atoms with E-state index in [-0.39, 0.29) is 0 Å². The number of rotatable bonds is 3. The van der Waals surface area contributed by atoms with Crippen LogP contribution in [0, 0.1) is 0 Å². The van der Waals surface area contributed by atoms with Crippen molar-refractivity contribution in [3.63, 3.8) is 0 Å². The normalized spacial score (nSPS) is 14.1. The molecule has 0 saturated heterocycles. The third-order valence-electron chi connectivity index (χ3n) is 1.65. The van der Waals surface area contributed by atoms with Crippen molar-refractivity contribution in [2.24, 2.45) is 0 Å². The largest absolute Gasteiger partial charge is 0.0991 e. The summed E-state index contributed by atoms with van der Waals surface area (Å²) in [5.74, 6) is 0. The van der Waals surface area contributed by atoms with E-state index in [0.717, 1.165) is 0 Å². The second-order valence-electron chi connectivity index (χ2n) is 2.44. The molecule has 0 N–H and O–H groups in total. The van der Waals surface area contributed by atoms with Gasteiger partial charge in [-0.1, -0.05) is 42.5 Å². The van der Waals surface area contributed by atoms with Crippen LogP contribution in [0.4, 0.5) is 0 Å². The highest BCUT2D eigenvalue weighted by atomic mass is 13.9. The predicted octanol–water partition coefficient (Wildman–Crippen LogP) is 3.64. The second kappa shape index (κ2) is 5.72. The summed E-state index contributed by atoms with van der Waals surface area (Å²) in [4.78, 5) is 0. The third-order valence-corrected chi connectivity index (χ3v) is 1.65. The fourth-order valence-corrected chi connectivity index (χ4v) is 0.638. The molecule has 0 bridgehead atoms. The van der Waals surface area contributed by atoms with E-state index in [1.165, 1.54) is 11.1 Å². The molecule has 0 rings (SSSR count). The van der Waals surface area contributed by atoms with Crippen molar-refractivity contribution in [1.82, 2.24) is 0 Å². The van der Waals surface area contributed by atoms with Crippen molar-refractivity contribution in [2.75, 3.05) is 0 Å². The summed E-state index contributed by atoms with van der Waals surface area (Å²) in [5.41, 5.74) is 2.62. The molecule has 11 heavy (non-hydrogen) atoms. The summed E-state index contributed by atoms with van der Waals surface area (Å²) in [6.07, 6.45) is 9.88. The number of hydrogen-bond acceptors (Lipinski definition) is 0. The van der Waals surface area contributed by atoms with Crippen LogP contribution >= 0.6 is 0 Å². The molecule has 0 aromatic heterocycles. The van der Waals surface area contributed by atoms with Crippen LogP contribution in [0.2, 0.25) is 0 Å². The minimum atomic E-state index is 1.30. The summed E-state index contributed by atoms with van der Waals surface area (Å²) >= 11 is 0. The van der Waals surface area contributed by atoms with Gasteiger partial charge in [0.1, 0.15) is 0 Å². The van der Waals surface area contributed by atoms with Gasteiger partial charge < -0.3 is 0 Å².